The van der Waals surface area contributed by atoms with Crippen LogP contribution in [0, 0.1) is 17.3 Å². The highest BCUT2D eigenvalue weighted by atomic mass is 16.7. The summed E-state index contributed by atoms with van der Waals surface area (Å²) in [4.78, 5) is 0. The third kappa shape index (κ3) is 1.61. The van der Waals surface area contributed by atoms with E-state index in [9.17, 15) is 5.11 Å². The van der Waals surface area contributed by atoms with E-state index in [4.69, 9.17) is 9.47 Å². The molecule has 1 N–H and O–H groups in total. The van der Waals surface area contributed by atoms with Crippen LogP contribution >= 0.6 is 0 Å². The van der Waals surface area contributed by atoms with Crippen molar-refractivity contribution >= 4 is 0 Å². The quantitative estimate of drug-likeness (QED) is 0.795. The number of benzene rings is 1. The van der Waals surface area contributed by atoms with Crippen molar-refractivity contribution in [1.82, 2.24) is 0 Å². The van der Waals surface area contributed by atoms with Gasteiger partial charge in [-0.1, -0.05) is 6.92 Å². The molecule has 118 valence electrons. The lowest BCUT2D eigenvalue weighted by Gasteiger charge is -2.50. The molecule has 5 rings (SSSR count). The molecule has 0 amide bonds. The van der Waals surface area contributed by atoms with Gasteiger partial charge >= 0.3 is 0 Å². The lowest BCUT2D eigenvalue weighted by Crippen LogP contribution is -2.43. The Bertz CT molecular complexity index is 625. The molecule has 3 aliphatic carbocycles. The molecule has 22 heavy (non-hydrogen) atoms. The highest BCUT2D eigenvalue weighted by Gasteiger charge is 2.54. The van der Waals surface area contributed by atoms with E-state index in [-0.39, 0.29) is 11.5 Å². The molecule has 3 nitrogen and oxygen atoms in total. The third-order valence-corrected chi connectivity index (χ3v) is 7.17. The molecule has 0 radical (unpaired) electrons. The summed E-state index contributed by atoms with van der Waals surface area (Å²) in [6.45, 7) is 2.69. The first-order valence-corrected chi connectivity index (χ1v) is 8.77. The normalized spacial score (nSPS) is 41.7. The molecule has 2 saturated carbocycles. The van der Waals surface area contributed by atoms with Gasteiger partial charge in [-0.05, 0) is 85.0 Å². The number of aliphatic hydroxyl groups excluding tert-OH is 1. The molecule has 5 atom stereocenters. The second-order valence-electron chi connectivity index (χ2n) is 7.96. The maximum Gasteiger partial charge on any atom is 0.231 e. The van der Waals surface area contributed by atoms with Crippen molar-refractivity contribution < 1.29 is 14.6 Å². The summed E-state index contributed by atoms with van der Waals surface area (Å²) in [5.74, 6) is 3.94. The van der Waals surface area contributed by atoms with Crippen LogP contribution in [-0.2, 0) is 6.42 Å². The van der Waals surface area contributed by atoms with Gasteiger partial charge in [0.25, 0.3) is 0 Å². The first kappa shape index (κ1) is 13.2. The van der Waals surface area contributed by atoms with Crippen molar-refractivity contribution in [3.63, 3.8) is 0 Å². The van der Waals surface area contributed by atoms with E-state index >= 15 is 0 Å². The fourth-order valence-electron chi connectivity index (χ4n) is 5.93. The van der Waals surface area contributed by atoms with E-state index in [2.05, 4.69) is 19.1 Å². The van der Waals surface area contributed by atoms with E-state index < -0.39 is 0 Å². The Morgan fingerprint density at radius 2 is 1.91 bits per heavy atom. The minimum absolute atomic E-state index is 0.0865. The van der Waals surface area contributed by atoms with Gasteiger partial charge in [0.2, 0.25) is 6.79 Å². The number of aryl methyl sites for hydroxylation is 1. The molecule has 1 heterocycles. The summed E-state index contributed by atoms with van der Waals surface area (Å²) >= 11 is 0. The molecule has 0 unspecified atom stereocenters. The van der Waals surface area contributed by atoms with Crippen LogP contribution in [0.3, 0.4) is 0 Å². The Hall–Kier alpha value is -1.22. The Balaban J connectivity index is 1.54. The van der Waals surface area contributed by atoms with Gasteiger partial charge in [-0.3, -0.25) is 0 Å². The van der Waals surface area contributed by atoms with Crippen molar-refractivity contribution in [2.75, 3.05) is 6.79 Å². The predicted octanol–water partition coefficient (Wildman–Crippen LogP) is 3.63. The summed E-state index contributed by atoms with van der Waals surface area (Å²) in [7, 11) is 0. The first-order chi connectivity index (χ1) is 10.7. The maximum atomic E-state index is 10.5. The Labute approximate surface area is 131 Å². The Kier molecular flexibility index (Phi) is 2.65. The SMILES string of the molecule is C[C@]12CC[C@@H]3c4cc5c(cc4CC[C@H]3[C@@H]1CC[C@@H]2O)OCO5. The largest absolute Gasteiger partial charge is 0.454 e. The highest BCUT2D eigenvalue weighted by Crippen LogP contribution is 2.61. The van der Waals surface area contributed by atoms with E-state index in [1.807, 2.05) is 0 Å². The van der Waals surface area contributed by atoms with Gasteiger partial charge in [0, 0.05) is 0 Å². The van der Waals surface area contributed by atoms with Gasteiger partial charge < -0.3 is 14.6 Å². The zero-order valence-corrected chi connectivity index (χ0v) is 13.2. The molecule has 1 aliphatic heterocycles. The Morgan fingerprint density at radius 3 is 2.77 bits per heavy atom. The fourth-order valence-corrected chi connectivity index (χ4v) is 5.93. The molecule has 4 aliphatic rings. The number of hydrogen-bond acceptors (Lipinski definition) is 3. The summed E-state index contributed by atoms with van der Waals surface area (Å²) < 4.78 is 11.2. The Morgan fingerprint density at radius 1 is 1.09 bits per heavy atom. The predicted molar refractivity (Wildman–Crippen MR) is 83.2 cm³/mol. The smallest absolute Gasteiger partial charge is 0.231 e. The van der Waals surface area contributed by atoms with Gasteiger partial charge in [0.15, 0.2) is 11.5 Å². The number of rotatable bonds is 0. The maximum absolute atomic E-state index is 10.5. The van der Waals surface area contributed by atoms with Crippen molar-refractivity contribution in [3.05, 3.63) is 23.3 Å². The molecule has 0 bridgehead atoms. The van der Waals surface area contributed by atoms with E-state index in [1.54, 1.807) is 0 Å². The zero-order valence-electron chi connectivity index (χ0n) is 13.2. The number of aliphatic hydroxyl groups is 1. The van der Waals surface area contributed by atoms with Gasteiger partial charge in [-0.2, -0.15) is 0 Å². The summed E-state index contributed by atoms with van der Waals surface area (Å²) in [5.41, 5.74) is 3.13. The van der Waals surface area contributed by atoms with Gasteiger partial charge in [0.1, 0.15) is 0 Å². The topological polar surface area (TPSA) is 38.7 Å². The molecular weight excluding hydrogens is 276 g/mol. The highest BCUT2D eigenvalue weighted by molar-refractivity contribution is 5.51. The molecule has 0 spiro atoms. The van der Waals surface area contributed by atoms with Gasteiger partial charge in [0.05, 0.1) is 6.10 Å². The summed E-state index contributed by atoms with van der Waals surface area (Å²) in [5, 5.41) is 10.5. The van der Waals surface area contributed by atoms with E-state index in [1.165, 1.54) is 30.4 Å². The standard InChI is InChI=1S/C19H24O3/c1-19-7-6-12-13(15(19)4-5-18(19)20)3-2-11-8-16-17(9-14(11)12)22-10-21-16/h8-9,12-13,15,18,20H,2-7,10H2,1H3/t12-,13+,15-,18-,19-/m0/s1. The average Bonchev–Trinajstić information content (AvgIpc) is 3.09. The van der Waals surface area contributed by atoms with Crippen LogP contribution in [0.5, 0.6) is 11.5 Å². The van der Waals surface area contributed by atoms with E-state index in [0.29, 0.717) is 18.6 Å². The molecule has 1 aromatic rings. The van der Waals surface area contributed by atoms with Crippen LogP contribution in [-0.4, -0.2) is 18.0 Å². The molecule has 0 saturated heterocycles. The fraction of sp³-hybridized carbons (Fsp3) is 0.684. The lowest BCUT2D eigenvalue weighted by molar-refractivity contribution is -0.0226. The van der Waals surface area contributed by atoms with Crippen LogP contribution < -0.4 is 9.47 Å². The molecule has 1 aromatic carbocycles. The molecular formula is C19H24O3. The van der Waals surface area contributed by atoms with Crippen LogP contribution in [0.4, 0.5) is 0 Å². The summed E-state index contributed by atoms with van der Waals surface area (Å²) in [6, 6.07) is 4.47. The van der Waals surface area contributed by atoms with Gasteiger partial charge in [-0.25, -0.2) is 0 Å². The van der Waals surface area contributed by atoms with Crippen molar-refractivity contribution in [2.24, 2.45) is 17.3 Å². The van der Waals surface area contributed by atoms with E-state index in [0.717, 1.165) is 36.7 Å². The second-order valence-corrected chi connectivity index (χ2v) is 7.96. The molecule has 2 fully saturated rings. The zero-order chi connectivity index (χ0) is 14.9. The lowest BCUT2D eigenvalue weighted by atomic mass is 9.55. The van der Waals surface area contributed by atoms with Crippen molar-refractivity contribution in [1.29, 1.82) is 0 Å². The number of fused-ring (bicyclic) bond motifs is 6. The van der Waals surface area contributed by atoms with Crippen LogP contribution in [0.15, 0.2) is 12.1 Å². The number of ether oxygens (including phenoxy) is 2. The van der Waals surface area contributed by atoms with Crippen LogP contribution in [0.2, 0.25) is 0 Å². The van der Waals surface area contributed by atoms with Gasteiger partial charge in [-0.15, -0.1) is 0 Å². The minimum Gasteiger partial charge on any atom is -0.454 e. The third-order valence-electron chi connectivity index (χ3n) is 7.17. The van der Waals surface area contributed by atoms with Crippen LogP contribution in [0.25, 0.3) is 0 Å². The monoisotopic (exact) mass is 300 g/mol. The van der Waals surface area contributed by atoms with Crippen molar-refractivity contribution in [3.8, 4) is 11.5 Å². The number of hydrogen-bond donors (Lipinski definition) is 1. The van der Waals surface area contributed by atoms with Crippen LogP contribution in [0.1, 0.15) is 56.1 Å². The second kappa shape index (κ2) is 4.41. The molecule has 3 heteroatoms. The summed E-state index contributed by atoms with van der Waals surface area (Å²) in [6.07, 6.45) is 6.91. The molecule has 0 aromatic heterocycles. The minimum atomic E-state index is -0.0865. The average molecular weight is 300 g/mol. The first-order valence-electron chi connectivity index (χ1n) is 8.77. The van der Waals surface area contributed by atoms with Crippen molar-refractivity contribution in [2.45, 2.75) is 57.5 Å².